The molecule has 0 saturated carbocycles. The summed E-state index contributed by atoms with van der Waals surface area (Å²) in [4.78, 5) is 8.28. The second-order valence-corrected chi connectivity index (χ2v) is 18.6. The van der Waals surface area contributed by atoms with Gasteiger partial charge in [-0.05, 0) is 67.6 Å². The molecule has 45 heavy (non-hydrogen) atoms. The van der Waals surface area contributed by atoms with Gasteiger partial charge in [0.2, 0.25) is 5.88 Å². The number of rotatable bonds is 15. The first-order valence-corrected chi connectivity index (χ1v) is 19.1. The Morgan fingerprint density at radius 2 is 1.69 bits per heavy atom. The molecule has 0 saturated heterocycles. The summed E-state index contributed by atoms with van der Waals surface area (Å²) in [6.07, 6.45) is 1.00. The lowest BCUT2D eigenvalue weighted by Crippen LogP contribution is -2.41. The number of halogens is 3. The van der Waals surface area contributed by atoms with Gasteiger partial charge in [0.15, 0.2) is 13.3 Å². The molecule has 1 unspecified atom stereocenters. The molecule has 0 bridgehead atoms. The number of pyridine rings is 2. The molecular weight excluding hydrogens is 620 g/mol. The number of hydrogen-bond acceptors (Lipinski definition) is 6. The fourth-order valence-electron chi connectivity index (χ4n) is 4.23. The molecule has 0 aliphatic heterocycles. The first kappa shape index (κ1) is 36.0. The van der Waals surface area contributed by atoms with Gasteiger partial charge in [-0.25, -0.2) is 4.98 Å². The molecule has 3 rings (SSSR count). The van der Waals surface area contributed by atoms with Crippen LogP contribution in [0.5, 0.6) is 5.88 Å². The normalized spacial score (nSPS) is 13.2. The summed E-state index contributed by atoms with van der Waals surface area (Å²) < 4.78 is 83.0. The van der Waals surface area contributed by atoms with E-state index in [-0.39, 0.29) is 33.4 Å². The molecule has 2 heterocycles. The minimum Gasteiger partial charge on any atom is -0.474 e. The minimum atomic E-state index is -4.72. The molecule has 1 atom stereocenters. The molecule has 2 aromatic heterocycles. The van der Waals surface area contributed by atoms with Crippen LogP contribution in [0.25, 0.3) is 17.3 Å². The van der Waals surface area contributed by atoms with Crippen molar-refractivity contribution in [2.75, 3.05) is 11.3 Å². The van der Waals surface area contributed by atoms with E-state index in [1.54, 1.807) is 30.3 Å². The zero-order valence-electron chi connectivity index (χ0n) is 26.4. The summed E-state index contributed by atoms with van der Waals surface area (Å²) in [6.45, 7) is 19.0. The topological polar surface area (TPSA) is 90.4 Å². The Balaban J connectivity index is 1.81. The highest BCUT2D eigenvalue weighted by atomic mass is 32.2. The summed E-state index contributed by atoms with van der Waals surface area (Å²) in [5.74, 6) is -0.186. The number of nitrogens with zero attached hydrogens (tertiary/aromatic N) is 2. The minimum absolute atomic E-state index is 0.100. The maximum Gasteiger partial charge on any atom is 0.418 e. The van der Waals surface area contributed by atoms with E-state index < -0.39 is 35.8 Å². The molecule has 7 nitrogen and oxygen atoms in total. The highest BCUT2D eigenvalue weighted by Crippen LogP contribution is 2.39. The van der Waals surface area contributed by atoms with E-state index in [1.807, 2.05) is 0 Å². The fourth-order valence-corrected chi connectivity index (χ4v) is 6.28. The number of nitrogens with one attached hydrogen (secondary N) is 1. The third-order valence-corrected chi connectivity index (χ3v) is 13.6. The first-order chi connectivity index (χ1) is 21.0. The maximum atomic E-state index is 13.9. The van der Waals surface area contributed by atoms with Crippen LogP contribution in [0.3, 0.4) is 0 Å². The summed E-state index contributed by atoms with van der Waals surface area (Å²) in [5, 5.41) is -0.262. The van der Waals surface area contributed by atoms with Gasteiger partial charge in [0.1, 0.15) is 11.9 Å². The number of alkyl halides is 3. The average Bonchev–Trinajstić information content (AvgIpc) is 2.96. The molecule has 12 heteroatoms. The van der Waals surface area contributed by atoms with Crippen LogP contribution in [0, 0.1) is 0 Å². The maximum absolute atomic E-state index is 13.9. The van der Waals surface area contributed by atoms with Crippen LogP contribution in [0.15, 0.2) is 78.9 Å². The Hall–Kier alpha value is -3.48. The van der Waals surface area contributed by atoms with E-state index in [1.165, 1.54) is 24.3 Å². The van der Waals surface area contributed by atoms with Crippen LogP contribution < -0.4 is 9.46 Å². The monoisotopic (exact) mass is 661 g/mol. The number of aromatic nitrogens is 2. The standard InChI is InChI=1S/C33H42F3N3O4SSi/c1-8-10-16-25(17-14-23-42-45(6,7)32(3,4)5)43-29-19-13-20-30(38-29)44(40,41)39-28-22-21-27(33(34,35)36)31(37-28)26-18-12-11-15-24(26)9-2/h8-9,11-13,15,18-22,25H,1-2,10,14,16-17,23H2,3-7H3,(H,37,39). The van der Waals surface area contributed by atoms with Gasteiger partial charge in [-0.2, -0.15) is 26.6 Å². The predicted molar refractivity (Wildman–Crippen MR) is 176 cm³/mol. The largest absolute Gasteiger partial charge is 0.474 e. The summed E-state index contributed by atoms with van der Waals surface area (Å²) in [7, 11) is -6.23. The van der Waals surface area contributed by atoms with Gasteiger partial charge in [-0.15, -0.1) is 6.58 Å². The molecule has 0 spiro atoms. The van der Waals surface area contributed by atoms with E-state index in [0.29, 0.717) is 31.4 Å². The van der Waals surface area contributed by atoms with Crippen LogP contribution in [0.2, 0.25) is 18.1 Å². The molecule has 0 fully saturated rings. The molecule has 3 aromatic rings. The number of benzene rings is 1. The van der Waals surface area contributed by atoms with Crippen molar-refractivity contribution in [1.82, 2.24) is 9.97 Å². The van der Waals surface area contributed by atoms with Crippen molar-refractivity contribution in [2.24, 2.45) is 0 Å². The molecule has 0 aliphatic rings. The van der Waals surface area contributed by atoms with E-state index in [2.05, 4.69) is 61.7 Å². The van der Waals surface area contributed by atoms with Crippen LogP contribution >= 0.6 is 0 Å². The van der Waals surface area contributed by atoms with Crippen LogP contribution in [-0.2, 0) is 20.6 Å². The quantitative estimate of drug-likeness (QED) is 0.0993. The Morgan fingerprint density at radius 3 is 2.33 bits per heavy atom. The van der Waals surface area contributed by atoms with E-state index in [4.69, 9.17) is 9.16 Å². The third-order valence-electron chi connectivity index (χ3n) is 7.77. The highest BCUT2D eigenvalue weighted by molar-refractivity contribution is 7.92. The number of ether oxygens (including phenoxy) is 1. The van der Waals surface area contributed by atoms with Crippen molar-refractivity contribution in [2.45, 2.75) is 81.9 Å². The zero-order chi connectivity index (χ0) is 33.5. The van der Waals surface area contributed by atoms with Crippen molar-refractivity contribution < 1.29 is 30.8 Å². The number of anilines is 1. The Morgan fingerprint density at radius 1 is 0.978 bits per heavy atom. The number of allylic oxidation sites excluding steroid dienone is 1. The smallest absolute Gasteiger partial charge is 0.418 e. The Labute approximate surface area is 265 Å². The first-order valence-electron chi connectivity index (χ1n) is 14.7. The van der Waals surface area contributed by atoms with E-state index in [0.717, 1.165) is 18.6 Å². The van der Waals surface area contributed by atoms with Crippen molar-refractivity contribution >= 4 is 30.2 Å². The summed E-state index contributed by atoms with van der Waals surface area (Å²) in [5.41, 5.74) is -0.853. The second-order valence-electron chi connectivity index (χ2n) is 12.2. The van der Waals surface area contributed by atoms with Crippen molar-refractivity contribution in [1.29, 1.82) is 0 Å². The average molecular weight is 662 g/mol. The van der Waals surface area contributed by atoms with Gasteiger partial charge in [0, 0.05) is 18.2 Å². The third kappa shape index (κ3) is 9.75. The van der Waals surface area contributed by atoms with Crippen molar-refractivity contribution in [3.05, 3.63) is 85.0 Å². The van der Waals surface area contributed by atoms with E-state index >= 15 is 0 Å². The summed E-state index contributed by atoms with van der Waals surface area (Å²) in [6, 6.07) is 12.4. The van der Waals surface area contributed by atoms with Gasteiger partial charge >= 0.3 is 6.18 Å². The van der Waals surface area contributed by atoms with Gasteiger partial charge < -0.3 is 9.16 Å². The van der Waals surface area contributed by atoms with Crippen LogP contribution in [0.4, 0.5) is 19.0 Å². The SMILES string of the molecule is C=CCCC(CCCO[Si](C)(C)C(C)(C)C)Oc1cccc(S(=O)(=O)Nc2ccc(C(F)(F)F)c(-c3ccccc3C=C)n2)n1. The zero-order valence-corrected chi connectivity index (χ0v) is 28.3. The second kappa shape index (κ2) is 14.7. The van der Waals surface area contributed by atoms with Crippen LogP contribution in [0.1, 0.15) is 57.6 Å². The lowest BCUT2D eigenvalue weighted by molar-refractivity contribution is -0.137. The lowest BCUT2D eigenvalue weighted by atomic mass is 10.00. The highest BCUT2D eigenvalue weighted by Gasteiger charge is 2.37. The van der Waals surface area contributed by atoms with E-state index in [9.17, 15) is 21.6 Å². The molecular formula is C33H42F3N3O4SSi. The Kier molecular flexibility index (Phi) is 11.8. The summed E-state index contributed by atoms with van der Waals surface area (Å²) >= 11 is 0. The predicted octanol–water partition coefficient (Wildman–Crippen LogP) is 9.12. The van der Waals surface area contributed by atoms with Gasteiger partial charge in [-0.1, -0.05) is 69.8 Å². The van der Waals surface area contributed by atoms with Crippen molar-refractivity contribution in [3.8, 4) is 17.1 Å². The Bertz CT molecular complexity index is 1590. The fraction of sp³-hybridized carbons (Fsp3) is 0.394. The lowest BCUT2D eigenvalue weighted by Gasteiger charge is -2.36. The molecule has 1 aromatic carbocycles. The van der Waals surface area contributed by atoms with Crippen molar-refractivity contribution in [3.63, 3.8) is 0 Å². The molecule has 1 N–H and O–H groups in total. The van der Waals surface area contributed by atoms with Gasteiger partial charge in [0.05, 0.1) is 11.3 Å². The van der Waals surface area contributed by atoms with Crippen LogP contribution in [-0.4, -0.2) is 39.4 Å². The molecule has 0 amide bonds. The molecule has 0 radical (unpaired) electrons. The molecule has 244 valence electrons. The van der Waals surface area contributed by atoms with Gasteiger partial charge in [0.25, 0.3) is 10.0 Å². The molecule has 0 aliphatic carbocycles. The number of hydrogen-bond donors (Lipinski definition) is 1. The van der Waals surface area contributed by atoms with Gasteiger partial charge in [-0.3, -0.25) is 4.72 Å². The number of sulfonamides is 1.